The molecule has 0 aliphatic carbocycles. The van der Waals surface area contributed by atoms with E-state index in [1.807, 2.05) is 83.4 Å². The van der Waals surface area contributed by atoms with Crippen molar-refractivity contribution in [2.45, 2.75) is 20.4 Å². The number of aromatic nitrogens is 2. The summed E-state index contributed by atoms with van der Waals surface area (Å²) in [5, 5.41) is 7.05. The Hall–Kier alpha value is -3.45. The molecule has 2 amide bonds. The summed E-state index contributed by atoms with van der Waals surface area (Å²) in [4.78, 5) is 25.6. The van der Waals surface area contributed by atoms with E-state index in [9.17, 15) is 9.59 Å². The number of imide groups is 1. The lowest BCUT2D eigenvalue weighted by Gasteiger charge is -2.19. The fourth-order valence-electron chi connectivity index (χ4n) is 3.12. The van der Waals surface area contributed by atoms with Crippen LogP contribution in [0.15, 0.2) is 66.9 Å². The first kappa shape index (κ1) is 21.3. The van der Waals surface area contributed by atoms with Crippen molar-refractivity contribution in [1.82, 2.24) is 20.0 Å². The molecule has 1 heterocycles. The highest BCUT2D eigenvalue weighted by Gasteiger charge is 2.18. The molecule has 0 bridgehead atoms. The minimum Gasteiger partial charge on any atom is -0.450 e. The number of nitrogens with zero attached hydrogens (tertiary/aromatic N) is 3. The van der Waals surface area contributed by atoms with Crippen molar-refractivity contribution in [1.29, 1.82) is 0 Å². The van der Waals surface area contributed by atoms with E-state index in [1.54, 1.807) is 6.92 Å². The number of para-hydroxylation sites is 1. The summed E-state index contributed by atoms with van der Waals surface area (Å²) in [6, 6.07) is 19.9. The number of hydrogen-bond donors (Lipinski definition) is 1. The highest BCUT2D eigenvalue weighted by molar-refractivity contribution is 5.92. The van der Waals surface area contributed by atoms with Gasteiger partial charge in [0.05, 0.1) is 24.5 Å². The van der Waals surface area contributed by atoms with Crippen LogP contribution in [0.2, 0.25) is 0 Å². The first-order valence-corrected chi connectivity index (χ1v) is 9.99. The molecule has 0 aliphatic heterocycles. The summed E-state index contributed by atoms with van der Waals surface area (Å²) in [5.74, 6) is -0.396. The molecule has 7 heteroatoms. The largest absolute Gasteiger partial charge is 0.450 e. The molecule has 7 nitrogen and oxygen atoms in total. The van der Waals surface area contributed by atoms with Gasteiger partial charge in [-0.1, -0.05) is 55.5 Å². The van der Waals surface area contributed by atoms with Crippen LogP contribution in [0.25, 0.3) is 16.9 Å². The van der Waals surface area contributed by atoms with E-state index < -0.39 is 12.0 Å². The molecule has 0 saturated carbocycles. The summed E-state index contributed by atoms with van der Waals surface area (Å²) < 4.78 is 6.62. The van der Waals surface area contributed by atoms with Crippen LogP contribution in [-0.4, -0.2) is 46.4 Å². The molecule has 0 fully saturated rings. The van der Waals surface area contributed by atoms with Crippen LogP contribution >= 0.6 is 0 Å². The van der Waals surface area contributed by atoms with Crippen molar-refractivity contribution in [3.05, 3.63) is 72.4 Å². The van der Waals surface area contributed by atoms with Gasteiger partial charge in [0, 0.05) is 23.9 Å². The molecule has 0 atom stereocenters. The molecule has 3 rings (SSSR count). The zero-order chi connectivity index (χ0) is 21.3. The Balaban J connectivity index is 1.83. The van der Waals surface area contributed by atoms with Gasteiger partial charge in [0.25, 0.3) is 0 Å². The average molecular weight is 406 g/mol. The topological polar surface area (TPSA) is 76.5 Å². The fraction of sp³-hybridized carbons (Fsp3) is 0.261. The Morgan fingerprint density at radius 2 is 1.70 bits per heavy atom. The third-order valence-corrected chi connectivity index (χ3v) is 4.58. The van der Waals surface area contributed by atoms with Gasteiger partial charge in [-0.05, 0) is 25.6 Å². The standard InChI is InChI=1S/C23H26N4O3/c1-3-26(17-21(28)24-23(29)30-4-2)15-19-16-27(20-13-9-6-10-14-20)25-22(19)18-11-7-5-8-12-18/h5-14,16H,3-4,15,17H2,1-2H3,(H,24,28,29). The van der Waals surface area contributed by atoms with Crippen LogP contribution in [0.4, 0.5) is 4.79 Å². The van der Waals surface area contributed by atoms with Gasteiger partial charge in [0.15, 0.2) is 0 Å². The van der Waals surface area contributed by atoms with E-state index in [1.165, 1.54) is 0 Å². The number of likely N-dealkylation sites (N-methyl/N-ethyl adjacent to an activating group) is 1. The zero-order valence-corrected chi connectivity index (χ0v) is 17.2. The molecule has 0 spiro atoms. The van der Waals surface area contributed by atoms with Crippen molar-refractivity contribution in [3.8, 4) is 16.9 Å². The third kappa shape index (κ3) is 5.55. The SMILES string of the molecule is CCOC(=O)NC(=O)CN(CC)Cc1cn(-c2ccccc2)nc1-c1ccccc1. The first-order valence-electron chi connectivity index (χ1n) is 9.99. The molecule has 1 N–H and O–H groups in total. The third-order valence-electron chi connectivity index (χ3n) is 4.58. The first-order chi connectivity index (χ1) is 14.6. The lowest BCUT2D eigenvalue weighted by Crippen LogP contribution is -2.40. The summed E-state index contributed by atoms with van der Waals surface area (Å²) in [6.07, 6.45) is 1.27. The van der Waals surface area contributed by atoms with Gasteiger partial charge < -0.3 is 4.74 Å². The van der Waals surface area contributed by atoms with E-state index in [2.05, 4.69) is 5.32 Å². The van der Waals surface area contributed by atoms with Gasteiger partial charge in [0.1, 0.15) is 0 Å². The van der Waals surface area contributed by atoms with E-state index in [-0.39, 0.29) is 13.2 Å². The number of hydrogen-bond acceptors (Lipinski definition) is 5. The molecule has 0 aliphatic rings. The van der Waals surface area contributed by atoms with Crippen molar-refractivity contribution < 1.29 is 14.3 Å². The summed E-state index contributed by atoms with van der Waals surface area (Å²) in [5.41, 5.74) is 3.83. The number of amides is 2. The minimum atomic E-state index is -0.722. The second kappa shape index (κ2) is 10.4. The Morgan fingerprint density at radius 3 is 2.33 bits per heavy atom. The number of carbonyl (C=O) groups is 2. The molecule has 30 heavy (non-hydrogen) atoms. The number of rotatable bonds is 8. The van der Waals surface area contributed by atoms with Crippen molar-refractivity contribution in [2.75, 3.05) is 19.7 Å². The van der Waals surface area contributed by atoms with Gasteiger partial charge in [0.2, 0.25) is 5.91 Å². The Kier molecular flexibility index (Phi) is 7.34. The van der Waals surface area contributed by atoms with Crippen LogP contribution in [0.5, 0.6) is 0 Å². The molecule has 2 aromatic carbocycles. The maximum absolute atomic E-state index is 12.2. The van der Waals surface area contributed by atoms with Crippen molar-refractivity contribution >= 4 is 12.0 Å². The zero-order valence-electron chi connectivity index (χ0n) is 17.2. The second-order valence-electron chi connectivity index (χ2n) is 6.72. The lowest BCUT2D eigenvalue weighted by molar-refractivity contribution is -0.121. The van der Waals surface area contributed by atoms with Crippen LogP contribution < -0.4 is 5.32 Å². The van der Waals surface area contributed by atoms with Crippen LogP contribution in [0, 0.1) is 0 Å². The maximum Gasteiger partial charge on any atom is 0.413 e. The Labute approximate surface area is 176 Å². The molecule has 0 radical (unpaired) electrons. The number of alkyl carbamates (subject to hydrolysis) is 1. The van der Waals surface area contributed by atoms with E-state index in [4.69, 9.17) is 9.84 Å². The monoisotopic (exact) mass is 406 g/mol. The van der Waals surface area contributed by atoms with Gasteiger partial charge in [-0.25, -0.2) is 9.48 Å². The predicted octanol–water partition coefficient (Wildman–Crippen LogP) is 3.63. The number of benzene rings is 2. The van der Waals surface area contributed by atoms with E-state index in [0.29, 0.717) is 13.1 Å². The highest BCUT2D eigenvalue weighted by Crippen LogP contribution is 2.24. The van der Waals surface area contributed by atoms with Gasteiger partial charge in [-0.3, -0.25) is 15.0 Å². The minimum absolute atomic E-state index is 0.0834. The summed E-state index contributed by atoms with van der Waals surface area (Å²) in [7, 11) is 0. The van der Waals surface area contributed by atoms with E-state index >= 15 is 0 Å². The Bertz CT molecular complexity index is 971. The molecule has 1 aromatic heterocycles. The highest BCUT2D eigenvalue weighted by atomic mass is 16.5. The number of nitrogens with one attached hydrogen (secondary N) is 1. The van der Waals surface area contributed by atoms with Crippen molar-refractivity contribution in [2.24, 2.45) is 0 Å². The number of carbonyl (C=O) groups excluding carboxylic acids is 2. The van der Waals surface area contributed by atoms with Gasteiger partial charge in [-0.15, -0.1) is 0 Å². The second-order valence-corrected chi connectivity index (χ2v) is 6.72. The molecular formula is C23H26N4O3. The lowest BCUT2D eigenvalue weighted by atomic mass is 10.1. The van der Waals surface area contributed by atoms with Gasteiger partial charge in [-0.2, -0.15) is 5.10 Å². The quantitative estimate of drug-likeness (QED) is 0.618. The van der Waals surface area contributed by atoms with Crippen LogP contribution in [-0.2, 0) is 16.1 Å². The molecule has 0 saturated heterocycles. The molecule has 156 valence electrons. The maximum atomic E-state index is 12.2. The Morgan fingerprint density at radius 1 is 1.03 bits per heavy atom. The summed E-state index contributed by atoms with van der Waals surface area (Å²) in [6.45, 7) is 5.12. The van der Waals surface area contributed by atoms with E-state index in [0.717, 1.165) is 22.5 Å². The molecule has 3 aromatic rings. The fourth-order valence-corrected chi connectivity index (χ4v) is 3.12. The normalized spacial score (nSPS) is 10.8. The molecular weight excluding hydrogens is 380 g/mol. The summed E-state index contributed by atoms with van der Waals surface area (Å²) >= 11 is 0. The smallest absolute Gasteiger partial charge is 0.413 e. The van der Waals surface area contributed by atoms with Crippen molar-refractivity contribution in [3.63, 3.8) is 0 Å². The van der Waals surface area contributed by atoms with Crippen LogP contribution in [0.3, 0.4) is 0 Å². The van der Waals surface area contributed by atoms with Crippen LogP contribution in [0.1, 0.15) is 19.4 Å². The molecule has 0 unspecified atom stereocenters. The number of ether oxygens (including phenoxy) is 1. The average Bonchev–Trinajstić information content (AvgIpc) is 3.18. The predicted molar refractivity (Wildman–Crippen MR) is 115 cm³/mol. The van der Waals surface area contributed by atoms with Gasteiger partial charge >= 0.3 is 6.09 Å².